The Balaban J connectivity index is 1.97. The van der Waals surface area contributed by atoms with Crippen molar-refractivity contribution in [3.63, 3.8) is 0 Å². The molecule has 1 unspecified atom stereocenters. The Hall–Kier alpha value is -1.55. The molecule has 0 spiro atoms. The van der Waals surface area contributed by atoms with Gasteiger partial charge in [0.15, 0.2) is 0 Å². The second-order valence-electron chi connectivity index (χ2n) is 4.84. The average Bonchev–Trinajstić information content (AvgIpc) is 2.36. The van der Waals surface area contributed by atoms with Crippen molar-refractivity contribution in [3.8, 4) is 5.75 Å². The summed E-state index contributed by atoms with van der Waals surface area (Å²) >= 11 is 0. The van der Waals surface area contributed by atoms with Gasteiger partial charge in [-0.2, -0.15) is 0 Å². The Labute approximate surface area is 108 Å². The van der Waals surface area contributed by atoms with E-state index in [9.17, 15) is 4.79 Å². The lowest BCUT2D eigenvalue weighted by Gasteiger charge is -2.18. The molecule has 4 nitrogen and oxygen atoms in total. The van der Waals surface area contributed by atoms with Crippen molar-refractivity contribution in [3.05, 3.63) is 23.8 Å². The van der Waals surface area contributed by atoms with Crippen LogP contribution in [0.2, 0.25) is 0 Å². The summed E-state index contributed by atoms with van der Waals surface area (Å²) in [5.41, 5.74) is 2.08. The first-order chi connectivity index (χ1) is 8.69. The van der Waals surface area contributed by atoms with Gasteiger partial charge in [0.25, 0.3) is 0 Å². The van der Waals surface area contributed by atoms with E-state index in [1.54, 1.807) is 0 Å². The summed E-state index contributed by atoms with van der Waals surface area (Å²) in [5, 5.41) is 6.00. The molecule has 18 heavy (non-hydrogen) atoms. The number of amides is 1. The summed E-state index contributed by atoms with van der Waals surface area (Å²) in [4.78, 5) is 11.2. The number of ether oxygens (including phenoxy) is 1. The number of anilines is 1. The number of hydrogen-bond acceptors (Lipinski definition) is 3. The monoisotopic (exact) mass is 248 g/mol. The van der Waals surface area contributed by atoms with Crippen LogP contribution in [0.1, 0.15) is 18.9 Å². The van der Waals surface area contributed by atoms with Crippen LogP contribution in [0.25, 0.3) is 0 Å². The zero-order valence-electron chi connectivity index (χ0n) is 11.0. The SMILES string of the molecule is CNCC(C)COc1ccc2c(c1)CCC(=O)N2. The zero-order valence-corrected chi connectivity index (χ0v) is 11.0. The molecule has 0 saturated heterocycles. The van der Waals surface area contributed by atoms with Gasteiger partial charge in [-0.15, -0.1) is 0 Å². The zero-order chi connectivity index (χ0) is 13.0. The molecule has 2 N–H and O–H groups in total. The quantitative estimate of drug-likeness (QED) is 0.835. The van der Waals surface area contributed by atoms with Gasteiger partial charge in [0, 0.05) is 24.6 Å². The van der Waals surface area contributed by atoms with Crippen molar-refractivity contribution >= 4 is 11.6 Å². The predicted molar refractivity (Wildman–Crippen MR) is 72.0 cm³/mol. The maximum atomic E-state index is 11.2. The van der Waals surface area contributed by atoms with Crippen LogP contribution in [0.3, 0.4) is 0 Å². The van der Waals surface area contributed by atoms with E-state index in [2.05, 4.69) is 17.6 Å². The topological polar surface area (TPSA) is 50.4 Å². The number of aryl methyl sites for hydroxylation is 1. The molecule has 1 aromatic carbocycles. The van der Waals surface area contributed by atoms with E-state index in [0.717, 1.165) is 30.0 Å². The molecule has 1 aliphatic rings. The van der Waals surface area contributed by atoms with Crippen LogP contribution in [-0.2, 0) is 11.2 Å². The Morgan fingerprint density at radius 3 is 3.06 bits per heavy atom. The van der Waals surface area contributed by atoms with Crippen LogP contribution < -0.4 is 15.4 Å². The minimum Gasteiger partial charge on any atom is -0.493 e. The van der Waals surface area contributed by atoms with Crippen molar-refractivity contribution in [2.75, 3.05) is 25.5 Å². The van der Waals surface area contributed by atoms with E-state index in [4.69, 9.17) is 4.74 Å². The predicted octanol–water partition coefficient (Wildman–Crippen LogP) is 1.81. The van der Waals surface area contributed by atoms with Crippen LogP contribution in [0, 0.1) is 5.92 Å². The van der Waals surface area contributed by atoms with E-state index in [-0.39, 0.29) is 5.91 Å². The molecular formula is C14H20N2O2. The van der Waals surface area contributed by atoms with Crippen molar-refractivity contribution in [1.29, 1.82) is 0 Å². The summed E-state index contributed by atoms with van der Waals surface area (Å²) in [6.45, 7) is 3.79. The van der Waals surface area contributed by atoms with Crippen LogP contribution in [-0.4, -0.2) is 26.1 Å². The van der Waals surface area contributed by atoms with Gasteiger partial charge < -0.3 is 15.4 Å². The first-order valence-corrected chi connectivity index (χ1v) is 6.39. The standard InChI is InChI=1S/C14H20N2O2/c1-10(8-15-2)9-18-12-4-5-13-11(7-12)3-6-14(17)16-13/h4-5,7,10,15H,3,6,8-9H2,1-2H3,(H,16,17). The molecule has 0 radical (unpaired) electrons. The first kappa shape index (κ1) is 12.9. The highest BCUT2D eigenvalue weighted by atomic mass is 16.5. The summed E-state index contributed by atoms with van der Waals surface area (Å²) in [6.07, 6.45) is 1.36. The molecule has 0 fully saturated rings. The molecule has 0 saturated carbocycles. The molecule has 2 rings (SSSR count). The summed E-state index contributed by atoms with van der Waals surface area (Å²) in [7, 11) is 1.94. The number of rotatable bonds is 5. The maximum Gasteiger partial charge on any atom is 0.224 e. The number of hydrogen-bond donors (Lipinski definition) is 2. The number of benzene rings is 1. The van der Waals surface area contributed by atoms with E-state index < -0.39 is 0 Å². The van der Waals surface area contributed by atoms with E-state index >= 15 is 0 Å². The molecule has 1 heterocycles. The molecule has 98 valence electrons. The highest BCUT2D eigenvalue weighted by molar-refractivity contribution is 5.93. The third-order valence-electron chi connectivity index (χ3n) is 3.06. The summed E-state index contributed by atoms with van der Waals surface area (Å²) < 4.78 is 5.76. The van der Waals surface area contributed by atoms with E-state index in [1.807, 2.05) is 25.2 Å². The van der Waals surface area contributed by atoms with Crippen LogP contribution in [0.15, 0.2) is 18.2 Å². The summed E-state index contributed by atoms with van der Waals surface area (Å²) in [6, 6.07) is 5.86. The molecule has 0 aromatic heterocycles. The van der Waals surface area contributed by atoms with Crippen LogP contribution >= 0.6 is 0 Å². The lowest BCUT2D eigenvalue weighted by atomic mass is 10.0. The van der Waals surface area contributed by atoms with Crippen molar-refractivity contribution in [2.24, 2.45) is 5.92 Å². The number of fused-ring (bicyclic) bond motifs is 1. The fraction of sp³-hybridized carbons (Fsp3) is 0.500. The van der Waals surface area contributed by atoms with Gasteiger partial charge in [-0.05, 0) is 37.2 Å². The first-order valence-electron chi connectivity index (χ1n) is 6.39. The minimum absolute atomic E-state index is 0.0961. The van der Waals surface area contributed by atoms with E-state index in [1.165, 1.54) is 0 Å². The maximum absolute atomic E-state index is 11.2. The molecule has 0 bridgehead atoms. The van der Waals surface area contributed by atoms with Crippen molar-refractivity contribution < 1.29 is 9.53 Å². The lowest BCUT2D eigenvalue weighted by Crippen LogP contribution is -2.22. The summed E-state index contributed by atoms with van der Waals surface area (Å²) in [5.74, 6) is 1.46. The highest BCUT2D eigenvalue weighted by Gasteiger charge is 2.15. The third-order valence-corrected chi connectivity index (χ3v) is 3.06. The lowest BCUT2D eigenvalue weighted by molar-refractivity contribution is -0.116. The fourth-order valence-corrected chi connectivity index (χ4v) is 2.10. The van der Waals surface area contributed by atoms with Gasteiger partial charge in [-0.25, -0.2) is 0 Å². The molecule has 1 aliphatic heterocycles. The largest absolute Gasteiger partial charge is 0.493 e. The molecule has 1 atom stereocenters. The molecule has 1 aromatic rings. The minimum atomic E-state index is 0.0961. The fourth-order valence-electron chi connectivity index (χ4n) is 2.10. The highest BCUT2D eigenvalue weighted by Crippen LogP contribution is 2.26. The molecule has 1 amide bonds. The van der Waals surface area contributed by atoms with Gasteiger partial charge in [0.2, 0.25) is 5.91 Å². The van der Waals surface area contributed by atoms with Gasteiger partial charge in [-0.3, -0.25) is 4.79 Å². The molecular weight excluding hydrogens is 228 g/mol. The van der Waals surface area contributed by atoms with Crippen molar-refractivity contribution in [1.82, 2.24) is 5.32 Å². The number of carbonyl (C=O) groups is 1. The smallest absolute Gasteiger partial charge is 0.224 e. The number of nitrogens with one attached hydrogen (secondary N) is 2. The Bertz CT molecular complexity index is 432. The van der Waals surface area contributed by atoms with E-state index in [0.29, 0.717) is 18.9 Å². The van der Waals surface area contributed by atoms with Gasteiger partial charge in [0.1, 0.15) is 5.75 Å². The van der Waals surface area contributed by atoms with Gasteiger partial charge in [-0.1, -0.05) is 6.92 Å². The average molecular weight is 248 g/mol. The third kappa shape index (κ3) is 3.23. The van der Waals surface area contributed by atoms with Crippen LogP contribution in [0.5, 0.6) is 5.75 Å². The van der Waals surface area contributed by atoms with Crippen LogP contribution in [0.4, 0.5) is 5.69 Å². The normalized spacial score (nSPS) is 15.8. The molecule has 4 heteroatoms. The second-order valence-corrected chi connectivity index (χ2v) is 4.84. The Morgan fingerprint density at radius 2 is 2.28 bits per heavy atom. The second kappa shape index (κ2) is 5.87. The van der Waals surface area contributed by atoms with Crippen molar-refractivity contribution in [2.45, 2.75) is 19.8 Å². The Morgan fingerprint density at radius 1 is 1.44 bits per heavy atom. The number of carbonyl (C=O) groups excluding carboxylic acids is 1. The van der Waals surface area contributed by atoms with Gasteiger partial charge in [0.05, 0.1) is 6.61 Å². The van der Waals surface area contributed by atoms with Gasteiger partial charge >= 0.3 is 0 Å². The molecule has 0 aliphatic carbocycles. The Kier molecular flexibility index (Phi) is 4.20.